The molecule has 0 amide bonds. The van der Waals surface area contributed by atoms with Gasteiger partial charge in [-0.3, -0.25) is 0 Å². The molecule has 1 N–H and O–H groups in total. The van der Waals surface area contributed by atoms with Crippen molar-refractivity contribution in [3.63, 3.8) is 0 Å². The van der Waals surface area contributed by atoms with Crippen LogP contribution >= 0.6 is 0 Å². The van der Waals surface area contributed by atoms with Crippen LogP contribution in [-0.2, 0) is 6.61 Å². The lowest BCUT2D eigenvalue weighted by atomic mass is 10.1. The van der Waals surface area contributed by atoms with Gasteiger partial charge in [0.05, 0.1) is 6.10 Å². The summed E-state index contributed by atoms with van der Waals surface area (Å²) in [6, 6.07) is 12.0. The molecule has 0 saturated heterocycles. The highest BCUT2D eigenvalue weighted by Gasteiger charge is 2.04. The zero-order valence-electron chi connectivity index (χ0n) is 11.1. The quantitative estimate of drug-likeness (QED) is 0.906. The second kappa shape index (κ2) is 5.85. The van der Waals surface area contributed by atoms with Crippen LogP contribution in [-0.4, -0.2) is 5.11 Å². The van der Waals surface area contributed by atoms with E-state index in [2.05, 4.69) is 0 Å². The molecule has 2 rings (SSSR count). The lowest BCUT2D eigenvalue weighted by molar-refractivity contribution is 0.198. The average Bonchev–Trinajstić information content (AvgIpc) is 2.38. The molecule has 2 aromatic rings. The minimum Gasteiger partial charge on any atom is -0.489 e. The summed E-state index contributed by atoms with van der Waals surface area (Å²) in [7, 11) is 0. The van der Waals surface area contributed by atoms with Crippen molar-refractivity contribution < 1.29 is 14.2 Å². The fourth-order valence-electron chi connectivity index (χ4n) is 1.85. The number of aliphatic hydroxyl groups is 1. The van der Waals surface area contributed by atoms with Crippen molar-refractivity contribution >= 4 is 0 Å². The summed E-state index contributed by atoms with van der Waals surface area (Å²) in [5, 5.41) is 9.51. The van der Waals surface area contributed by atoms with E-state index in [0.717, 1.165) is 16.7 Å². The number of hydrogen-bond acceptors (Lipinski definition) is 2. The third-order valence-corrected chi connectivity index (χ3v) is 3.04. The van der Waals surface area contributed by atoms with E-state index in [1.54, 1.807) is 13.0 Å². The Morgan fingerprint density at radius 2 is 2.00 bits per heavy atom. The lowest BCUT2D eigenvalue weighted by Gasteiger charge is -2.11. The molecule has 3 heteroatoms. The van der Waals surface area contributed by atoms with Crippen LogP contribution in [0.5, 0.6) is 5.75 Å². The van der Waals surface area contributed by atoms with E-state index < -0.39 is 6.10 Å². The second-order valence-corrected chi connectivity index (χ2v) is 4.61. The molecule has 100 valence electrons. The van der Waals surface area contributed by atoms with Gasteiger partial charge in [-0.1, -0.05) is 18.2 Å². The van der Waals surface area contributed by atoms with E-state index in [4.69, 9.17) is 4.74 Å². The predicted molar refractivity (Wildman–Crippen MR) is 72.5 cm³/mol. The fourth-order valence-corrected chi connectivity index (χ4v) is 1.85. The molecule has 0 aromatic heterocycles. The topological polar surface area (TPSA) is 29.5 Å². The summed E-state index contributed by atoms with van der Waals surface area (Å²) >= 11 is 0. The number of aliphatic hydroxyl groups excluding tert-OH is 1. The number of benzene rings is 2. The van der Waals surface area contributed by atoms with E-state index in [0.29, 0.717) is 12.4 Å². The highest BCUT2D eigenvalue weighted by Crippen LogP contribution is 2.20. The van der Waals surface area contributed by atoms with Gasteiger partial charge in [-0.05, 0) is 54.8 Å². The molecule has 0 radical (unpaired) electrons. The first kappa shape index (κ1) is 13.6. The van der Waals surface area contributed by atoms with Crippen LogP contribution in [0.25, 0.3) is 0 Å². The summed E-state index contributed by atoms with van der Waals surface area (Å²) in [5.41, 5.74) is 2.63. The summed E-state index contributed by atoms with van der Waals surface area (Å²) in [4.78, 5) is 0. The molecular formula is C16H17FO2. The number of halogens is 1. The van der Waals surface area contributed by atoms with Crippen molar-refractivity contribution in [1.29, 1.82) is 0 Å². The lowest BCUT2D eigenvalue weighted by Crippen LogP contribution is -1.99. The van der Waals surface area contributed by atoms with Gasteiger partial charge in [0.2, 0.25) is 0 Å². The van der Waals surface area contributed by atoms with Crippen molar-refractivity contribution in [3.05, 3.63) is 65.0 Å². The Labute approximate surface area is 112 Å². The zero-order valence-corrected chi connectivity index (χ0v) is 11.1. The Hall–Kier alpha value is -1.87. The zero-order chi connectivity index (χ0) is 13.8. The van der Waals surface area contributed by atoms with Gasteiger partial charge < -0.3 is 9.84 Å². The van der Waals surface area contributed by atoms with Crippen molar-refractivity contribution in [3.8, 4) is 5.75 Å². The Morgan fingerprint density at radius 1 is 1.21 bits per heavy atom. The highest BCUT2D eigenvalue weighted by atomic mass is 19.1. The maximum Gasteiger partial charge on any atom is 0.123 e. The maximum atomic E-state index is 13.0. The molecule has 19 heavy (non-hydrogen) atoms. The predicted octanol–water partition coefficient (Wildman–Crippen LogP) is 3.77. The second-order valence-electron chi connectivity index (χ2n) is 4.61. The molecule has 0 fully saturated rings. The Kier molecular flexibility index (Phi) is 4.17. The van der Waals surface area contributed by atoms with Gasteiger partial charge in [0.1, 0.15) is 18.2 Å². The standard InChI is InChI=1S/C16H17FO2/c1-11-8-15(17)7-6-14(11)10-19-16-5-3-4-13(9-16)12(2)18/h3-9,12,18H,10H2,1-2H3/t12-/m0/s1. The molecule has 0 bridgehead atoms. The summed E-state index contributed by atoms with van der Waals surface area (Å²) < 4.78 is 18.7. The third-order valence-electron chi connectivity index (χ3n) is 3.04. The van der Waals surface area contributed by atoms with Crippen molar-refractivity contribution in [2.45, 2.75) is 26.6 Å². The first-order chi connectivity index (χ1) is 9.06. The molecule has 0 unspecified atom stereocenters. The van der Waals surface area contributed by atoms with Gasteiger partial charge in [0.15, 0.2) is 0 Å². The average molecular weight is 260 g/mol. The van der Waals surface area contributed by atoms with E-state index in [1.165, 1.54) is 12.1 Å². The van der Waals surface area contributed by atoms with Crippen LogP contribution in [0, 0.1) is 12.7 Å². The molecule has 2 aromatic carbocycles. The SMILES string of the molecule is Cc1cc(F)ccc1COc1cccc([C@H](C)O)c1. The van der Waals surface area contributed by atoms with Gasteiger partial charge in [-0.15, -0.1) is 0 Å². The van der Waals surface area contributed by atoms with Gasteiger partial charge in [-0.2, -0.15) is 0 Å². The molecule has 0 saturated carbocycles. The first-order valence-corrected chi connectivity index (χ1v) is 6.22. The normalized spacial score (nSPS) is 12.2. The Morgan fingerprint density at radius 3 is 2.68 bits per heavy atom. The van der Waals surface area contributed by atoms with Gasteiger partial charge >= 0.3 is 0 Å². The Balaban J connectivity index is 2.08. The third kappa shape index (κ3) is 3.55. The molecule has 0 aliphatic carbocycles. The number of hydrogen-bond donors (Lipinski definition) is 1. The van der Waals surface area contributed by atoms with Gasteiger partial charge in [0, 0.05) is 0 Å². The van der Waals surface area contributed by atoms with Crippen LogP contribution < -0.4 is 4.74 Å². The van der Waals surface area contributed by atoms with E-state index >= 15 is 0 Å². The molecule has 0 aliphatic heterocycles. The van der Waals surface area contributed by atoms with Gasteiger partial charge in [-0.25, -0.2) is 4.39 Å². The highest BCUT2D eigenvalue weighted by molar-refractivity contribution is 5.31. The maximum absolute atomic E-state index is 13.0. The monoisotopic (exact) mass is 260 g/mol. The number of ether oxygens (including phenoxy) is 1. The van der Waals surface area contributed by atoms with Crippen LogP contribution in [0.4, 0.5) is 4.39 Å². The Bertz CT molecular complexity index is 564. The summed E-state index contributed by atoms with van der Waals surface area (Å²) in [5.74, 6) is 0.458. The minimum atomic E-state index is -0.517. The van der Waals surface area contributed by atoms with E-state index in [1.807, 2.05) is 31.2 Å². The molecular weight excluding hydrogens is 243 g/mol. The molecule has 0 aliphatic rings. The first-order valence-electron chi connectivity index (χ1n) is 6.22. The molecule has 2 nitrogen and oxygen atoms in total. The number of aryl methyl sites for hydroxylation is 1. The fraction of sp³-hybridized carbons (Fsp3) is 0.250. The largest absolute Gasteiger partial charge is 0.489 e. The van der Waals surface area contributed by atoms with Crippen LogP contribution in [0.15, 0.2) is 42.5 Å². The van der Waals surface area contributed by atoms with Crippen LogP contribution in [0.3, 0.4) is 0 Å². The van der Waals surface area contributed by atoms with Crippen molar-refractivity contribution in [1.82, 2.24) is 0 Å². The molecule has 1 atom stereocenters. The summed E-state index contributed by atoms with van der Waals surface area (Å²) in [6.07, 6.45) is -0.517. The molecule has 0 spiro atoms. The van der Waals surface area contributed by atoms with Crippen molar-refractivity contribution in [2.75, 3.05) is 0 Å². The van der Waals surface area contributed by atoms with Crippen LogP contribution in [0.2, 0.25) is 0 Å². The van der Waals surface area contributed by atoms with Crippen LogP contribution in [0.1, 0.15) is 29.7 Å². The summed E-state index contributed by atoms with van der Waals surface area (Å²) in [6.45, 7) is 3.95. The molecule has 0 heterocycles. The minimum absolute atomic E-state index is 0.239. The van der Waals surface area contributed by atoms with Crippen molar-refractivity contribution in [2.24, 2.45) is 0 Å². The smallest absolute Gasteiger partial charge is 0.123 e. The van der Waals surface area contributed by atoms with Gasteiger partial charge in [0.25, 0.3) is 0 Å². The van der Waals surface area contributed by atoms with E-state index in [9.17, 15) is 9.50 Å². The number of rotatable bonds is 4. The van der Waals surface area contributed by atoms with E-state index in [-0.39, 0.29) is 5.82 Å².